The van der Waals surface area contributed by atoms with Gasteiger partial charge >= 0.3 is 0 Å². The van der Waals surface area contributed by atoms with E-state index in [1.54, 1.807) is 25.3 Å². The number of ether oxygens (including phenoxy) is 1. The third-order valence-electron chi connectivity index (χ3n) is 5.99. The number of hydrogen-bond acceptors (Lipinski definition) is 4. The van der Waals surface area contributed by atoms with E-state index >= 15 is 0 Å². The highest BCUT2D eigenvalue weighted by Gasteiger charge is 2.35. The van der Waals surface area contributed by atoms with Crippen molar-refractivity contribution in [2.45, 2.75) is 51.1 Å². The summed E-state index contributed by atoms with van der Waals surface area (Å²) in [6.45, 7) is 6.94. The average Bonchev–Trinajstić information content (AvgIpc) is 3.63. The third kappa shape index (κ3) is 5.28. The normalized spacial score (nSPS) is 15.0. The molecule has 1 aliphatic carbocycles. The van der Waals surface area contributed by atoms with E-state index in [1.807, 2.05) is 43.0 Å². The number of benzene rings is 2. The Morgan fingerprint density at radius 2 is 1.74 bits per heavy atom. The van der Waals surface area contributed by atoms with E-state index in [9.17, 15) is 13.2 Å². The fourth-order valence-electron chi connectivity index (χ4n) is 3.83. The van der Waals surface area contributed by atoms with Crippen molar-refractivity contribution < 1.29 is 17.9 Å². The van der Waals surface area contributed by atoms with Crippen molar-refractivity contribution in [2.75, 3.05) is 20.2 Å². The zero-order chi connectivity index (χ0) is 22.6. The minimum atomic E-state index is -3.63. The number of amides is 1. The first-order chi connectivity index (χ1) is 14.8. The minimum absolute atomic E-state index is 0.0812. The lowest BCUT2D eigenvalue weighted by molar-refractivity contribution is 0.0654. The SMILES string of the molecule is CCN(CC)S(=O)(=O)c1cccc(C(=O)N(Cc2ccc(OC)cc2)[C@H](C)C2CC2)c1. The van der Waals surface area contributed by atoms with Gasteiger partial charge in [0.2, 0.25) is 10.0 Å². The van der Waals surface area contributed by atoms with Crippen LogP contribution in [-0.2, 0) is 16.6 Å². The van der Waals surface area contributed by atoms with Crippen molar-refractivity contribution in [3.63, 3.8) is 0 Å². The lowest BCUT2D eigenvalue weighted by Gasteiger charge is -2.30. The first-order valence-corrected chi connectivity index (χ1v) is 12.3. The second-order valence-electron chi connectivity index (χ2n) is 7.98. The van der Waals surface area contributed by atoms with Gasteiger partial charge in [-0.15, -0.1) is 0 Å². The van der Waals surface area contributed by atoms with Gasteiger partial charge in [0.1, 0.15) is 5.75 Å². The van der Waals surface area contributed by atoms with Crippen LogP contribution in [0.2, 0.25) is 0 Å². The van der Waals surface area contributed by atoms with Crippen LogP contribution in [0.25, 0.3) is 0 Å². The summed E-state index contributed by atoms with van der Waals surface area (Å²) in [6.07, 6.45) is 2.23. The predicted octanol–water partition coefficient (Wildman–Crippen LogP) is 4.17. The molecule has 6 nitrogen and oxygen atoms in total. The van der Waals surface area contributed by atoms with Crippen molar-refractivity contribution in [1.82, 2.24) is 9.21 Å². The fraction of sp³-hybridized carbons (Fsp3) is 0.458. The predicted molar refractivity (Wildman–Crippen MR) is 122 cm³/mol. The van der Waals surface area contributed by atoms with Crippen LogP contribution in [0, 0.1) is 5.92 Å². The van der Waals surface area contributed by atoms with Gasteiger partial charge in [0, 0.05) is 31.2 Å². The highest BCUT2D eigenvalue weighted by Crippen LogP contribution is 2.36. The zero-order valence-electron chi connectivity index (χ0n) is 18.7. The van der Waals surface area contributed by atoms with E-state index < -0.39 is 10.0 Å². The van der Waals surface area contributed by atoms with Gasteiger partial charge in [-0.1, -0.05) is 32.0 Å². The summed E-state index contributed by atoms with van der Waals surface area (Å²) in [6, 6.07) is 14.2. The number of rotatable bonds is 10. The molecule has 0 aliphatic heterocycles. The Labute approximate surface area is 185 Å². The minimum Gasteiger partial charge on any atom is -0.497 e. The van der Waals surface area contributed by atoms with Gasteiger partial charge in [0.15, 0.2) is 0 Å². The molecule has 168 valence electrons. The maximum atomic E-state index is 13.5. The fourth-order valence-corrected chi connectivity index (χ4v) is 5.33. The van der Waals surface area contributed by atoms with Gasteiger partial charge in [0.25, 0.3) is 5.91 Å². The van der Waals surface area contributed by atoms with E-state index in [1.165, 1.54) is 10.4 Å². The van der Waals surface area contributed by atoms with Crippen LogP contribution in [0.1, 0.15) is 49.5 Å². The second-order valence-corrected chi connectivity index (χ2v) is 9.91. The Balaban J connectivity index is 1.90. The summed E-state index contributed by atoms with van der Waals surface area (Å²) in [5.41, 5.74) is 1.41. The molecule has 0 radical (unpaired) electrons. The third-order valence-corrected chi connectivity index (χ3v) is 8.04. The van der Waals surface area contributed by atoms with Crippen molar-refractivity contribution in [1.29, 1.82) is 0 Å². The molecule has 1 atom stereocenters. The monoisotopic (exact) mass is 444 g/mol. The van der Waals surface area contributed by atoms with Crippen LogP contribution in [0.15, 0.2) is 53.4 Å². The number of carbonyl (C=O) groups excluding carboxylic acids is 1. The van der Waals surface area contributed by atoms with Gasteiger partial charge in [0.05, 0.1) is 12.0 Å². The van der Waals surface area contributed by atoms with E-state index in [4.69, 9.17) is 4.74 Å². The van der Waals surface area contributed by atoms with Crippen LogP contribution < -0.4 is 4.74 Å². The Morgan fingerprint density at radius 1 is 1.10 bits per heavy atom. The Hall–Kier alpha value is -2.38. The summed E-state index contributed by atoms with van der Waals surface area (Å²) in [4.78, 5) is 15.5. The molecule has 1 fully saturated rings. The number of hydrogen-bond donors (Lipinski definition) is 0. The molecule has 0 saturated heterocycles. The molecule has 0 spiro atoms. The van der Waals surface area contributed by atoms with Crippen LogP contribution >= 0.6 is 0 Å². The molecule has 3 rings (SSSR count). The lowest BCUT2D eigenvalue weighted by Crippen LogP contribution is -2.39. The maximum Gasteiger partial charge on any atom is 0.254 e. The summed E-state index contributed by atoms with van der Waals surface area (Å²) in [5, 5.41) is 0. The number of sulfonamides is 1. The van der Waals surface area contributed by atoms with Gasteiger partial charge in [-0.3, -0.25) is 4.79 Å². The highest BCUT2D eigenvalue weighted by atomic mass is 32.2. The lowest BCUT2D eigenvalue weighted by atomic mass is 10.1. The Bertz CT molecular complexity index is 996. The quantitative estimate of drug-likeness (QED) is 0.552. The van der Waals surface area contributed by atoms with Gasteiger partial charge in [-0.2, -0.15) is 4.31 Å². The topological polar surface area (TPSA) is 66.9 Å². The van der Waals surface area contributed by atoms with Crippen LogP contribution in [0.5, 0.6) is 5.75 Å². The van der Waals surface area contributed by atoms with Crippen LogP contribution in [0.3, 0.4) is 0 Å². The van der Waals surface area contributed by atoms with Gasteiger partial charge in [-0.05, 0) is 61.6 Å². The molecular weight excluding hydrogens is 412 g/mol. The van der Waals surface area contributed by atoms with Crippen molar-refractivity contribution in [3.8, 4) is 5.75 Å². The molecule has 1 aliphatic rings. The number of nitrogens with zero attached hydrogens (tertiary/aromatic N) is 2. The second kappa shape index (κ2) is 9.83. The summed E-state index contributed by atoms with van der Waals surface area (Å²) < 4.78 is 32.5. The molecule has 0 unspecified atom stereocenters. The first kappa shape index (κ1) is 23.3. The van der Waals surface area contributed by atoms with E-state index in [-0.39, 0.29) is 16.8 Å². The molecule has 1 saturated carbocycles. The molecule has 2 aromatic rings. The van der Waals surface area contributed by atoms with Gasteiger partial charge < -0.3 is 9.64 Å². The molecule has 0 bridgehead atoms. The van der Waals surface area contributed by atoms with Crippen LogP contribution in [0.4, 0.5) is 0 Å². The van der Waals surface area contributed by atoms with Crippen molar-refractivity contribution in [2.24, 2.45) is 5.92 Å². The Morgan fingerprint density at radius 3 is 2.29 bits per heavy atom. The highest BCUT2D eigenvalue weighted by molar-refractivity contribution is 7.89. The molecule has 7 heteroatoms. The average molecular weight is 445 g/mol. The molecule has 2 aromatic carbocycles. The molecule has 31 heavy (non-hydrogen) atoms. The summed E-state index contributed by atoms with van der Waals surface area (Å²) in [5.74, 6) is 1.11. The number of carbonyl (C=O) groups is 1. The maximum absolute atomic E-state index is 13.5. The summed E-state index contributed by atoms with van der Waals surface area (Å²) in [7, 11) is -2.00. The summed E-state index contributed by atoms with van der Waals surface area (Å²) >= 11 is 0. The van der Waals surface area contributed by atoms with E-state index in [2.05, 4.69) is 6.92 Å². The molecule has 0 aromatic heterocycles. The largest absolute Gasteiger partial charge is 0.497 e. The molecule has 1 amide bonds. The Kier molecular flexibility index (Phi) is 7.38. The number of methoxy groups -OCH3 is 1. The zero-order valence-corrected chi connectivity index (χ0v) is 19.6. The van der Waals surface area contributed by atoms with E-state index in [0.29, 0.717) is 31.1 Å². The molecule has 0 N–H and O–H groups in total. The first-order valence-electron chi connectivity index (χ1n) is 10.9. The molecule has 0 heterocycles. The standard InChI is InChI=1S/C24H32N2O4S/c1-5-25(6-2)31(28,29)23-9-7-8-21(16-23)24(27)26(18(3)20-12-13-20)17-19-10-14-22(30-4)15-11-19/h7-11,14-16,18,20H,5-6,12-13,17H2,1-4H3/t18-/m1/s1. The smallest absolute Gasteiger partial charge is 0.254 e. The van der Waals surface area contributed by atoms with Crippen LogP contribution in [-0.4, -0.2) is 49.8 Å². The van der Waals surface area contributed by atoms with Crippen molar-refractivity contribution >= 4 is 15.9 Å². The molecular formula is C24H32N2O4S. The van der Waals surface area contributed by atoms with E-state index in [0.717, 1.165) is 24.2 Å². The van der Waals surface area contributed by atoms with Crippen molar-refractivity contribution in [3.05, 3.63) is 59.7 Å². The van der Waals surface area contributed by atoms with Gasteiger partial charge in [-0.25, -0.2) is 8.42 Å².